The van der Waals surface area contributed by atoms with Crippen molar-refractivity contribution in [1.82, 2.24) is 9.55 Å². The lowest BCUT2D eigenvalue weighted by Gasteiger charge is -2.16. The van der Waals surface area contributed by atoms with Gasteiger partial charge < -0.3 is 14.8 Å². The molecular formula is C13H16N2O3. The summed E-state index contributed by atoms with van der Waals surface area (Å²) in [4.78, 5) is 15.4. The predicted molar refractivity (Wildman–Crippen MR) is 67.7 cm³/mol. The molecule has 0 aliphatic rings. The van der Waals surface area contributed by atoms with Crippen LogP contribution in [0.5, 0.6) is 0 Å². The molecule has 0 spiro atoms. The second-order valence-corrected chi connectivity index (χ2v) is 4.56. The van der Waals surface area contributed by atoms with E-state index in [9.17, 15) is 15.0 Å². The minimum atomic E-state index is -0.966. The number of aliphatic hydroxyl groups excluding tert-OH is 1. The van der Waals surface area contributed by atoms with E-state index in [1.165, 1.54) is 0 Å². The van der Waals surface area contributed by atoms with Crippen LogP contribution in [0.15, 0.2) is 24.5 Å². The van der Waals surface area contributed by atoms with E-state index in [0.717, 1.165) is 0 Å². The summed E-state index contributed by atoms with van der Waals surface area (Å²) in [6, 6.07) is 5.03. The Labute approximate surface area is 105 Å². The fourth-order valence-electron chi connectivity index (χ4n) is 2.20. The third kappa shape index (κ3) is 2.22. The lowest BCUT2D eigenvalue weighted by atomic mass is 10.1. The monoisotopic (exact) mass is 248 g/mol. The van der Waals surface area contributed by atoms with E-state index in [-0.39, 0.29) is 11.6 Å². The summed E-state index contributed by atoms with van der Waals surface area (Å²) in [5, 5.41) is 18.6. The van der Waals surface area contributed by atoms with E-state index in [0.29, 0.717) is 17.5 Å². The Bertz CT molecular complexity index is 575. The molecule has 0 radical (unpaired) electrons. The Kier molecular flexibility index (Phi) is 3.34. The Morgan fingerprint density at radius 3 is 2.78 bits per heavy atom. The van der Waals surface area contributed by atoms with Gasteiger partial charge in [0.25, 0.3) is 0 Å². The van der Waals surface area contributed by atoms with Crippen LogP contribution in [0.1, 0.15) is 36.7 Å². The summed E-state index contributed by atoms with van der Waals surface area (Å²) in [7, 11) is 0. The van der Waals surface area contributed by atoms with Gasteiger partial charge in [-0.1, -0.05) is 6.07 Å². The number of imidazole rings is 1. The number of rotatable bonds is 4. The maximum atomic E-state index is 11.2. The summed E-state index contributed by atoms with van der Waals surface area (Å²) in [5.74, 6) is -0.966. The number of aromatic nitrogens is 2. The number of carbonyl (C=O) groups is 1. The second kappa shape index (κ2) is 4.78. The van der Waals surface area contributed by atoms with Crippen molar-refractivity contribution in [1.29, 1.82) is 0 Å². The van der Waals surface area contributed by atoms with Crippen LogP contribution >= 0.6 is 0 Å². The molecular weight excluding hydrogens is 232 g/mol. The fourth-order valence-corrected chi connectivity index (χ4v) is 2.20. The van der Waals surface area contributed by atoms with Gasteiger partial charge in [-0.2, -0.15) is 0 Å². The Morgan fingerprint density at radius 2 is 2.17 bits per heavy atom. The Balaban J connectivity index is 2.55. The van der Waals surface area contributed by atoms with Crippen molar-refractivity contribution in [2.75, 3.05) is 0 Å². The van der Waals surface area contributed by atoms with E-state index < -0.39 is 12.1 Å². The molecule has 0 amide bonds. The average molecular weight is 248 g/mol. The topological polar surface area (TPSA) is 75.3 Å². The third-order valence-corrected chi connectivity index (χ3v) is 2.98. The molecule has 1 heterocycles. The highest BCUT2D eigenvalue weighted by Gasteiger charge is 2.17. The van der Waals surface area contributed by atoms with Gasteiger partial charge in [-0.3, -0.25) is 0 Å². The first-order valence-corrected chi connectivity index (χ1v) is 5.87. The number of aliphatic hydroxyl groups is 1. The molecule has 1 aromatic carbocycles. The summed E-state index contributed by atoms with van der Waals surface area (Å²) >= 11 is 0. The largest absolute Gasteiger partial charge is 0.478 e. The quantitative estimate of drug-likeness (QED) is 0.868. The van der Waals surface area contributed by atoms with Crippen LogP contribution < -0.4 is 0 Å². The molecule has 0 saturated heterocycles. The van der Waals surface area contributed by atoms with Crippen molar-refractivity contribution in [3.8, 4) is 0 Å². The van der Waals surface area contributed by atoms with Gasteiger partial charge in [0.2, 0.25) is 0 Å². The van der Waals surface area contributed by atoms with Gasteiger partial charge in [0.1, 0.15) is 0 Å². The molecule has 5 nitrogen and oxygen atoms in total. The zero-order valence-electron chi connectivity index (χ0n) is 10.4. The molecule has 1 aromatic heterocycles. The Morgan fingerprint density at radius 1 is 1.44 bits per heavy atom. The van der Waals surface area contributed by atoms with Crippen LogP contribution in [0.25, 0.3) is 11.0 Å². The molecule has 2 N–H and O–H groups in total. The fraction of sp³-hybridized carbons (Fsp3) is 0.385. The number of hydrogen-bond acceptors (Lipinski definition) is 3. The Hall–Kier alpha value is -1.88. The minimum absolute atomic E-state index is 0.00417. The number of carboxylic acid groups (broad SMARTS) is 1. The third-order valence-electron chi connectivity index (χ3n) is 2.98. The number of benzene rings is 1. The molecule has 2 atom stereocenters. The molecule has 0 fully saturated rings. The summed E-state index contributed by atoms with van der Waals surface area (Å²) in [6.45, 7) is 3.65. The van der Waals surface area contributed by atoms with Gasteiger partial charge in [0.15, 0.2) is 0 Å². The molecule has 0 aliphatic carbocycles. The van der Waals surface area contributed by atoms with Crippen LogP contribution in [-0.4, -0.2) is 31.8 Å². The van der Waals surface area contributed by atoms with Crippen molar-refractivity contribution >= 4 is 17.0 Å². The van der Waals surface area contributed by atoms with E-state index in [4.69, 9.17) is 0 Å². The van der Waals surface area contributed by atoms with E-state index in [2.05, 4.69) is 4.98 Å². The van der Waals surface area contributed by atoms with Crippen molar-refractivity contribution in [2.24, 2.45) is 0 Å². The standard InChI is InChI=1S/C13H16N2O3/c1-8(6-9(2)16)15-7-14-11-5-3-4-10(12(11)15)13(17)18/h3-5,7-9,16H,6H2,1-2H3,(H,17,18). The zero-order chi connectivity index (χ0) is 13.3. The number of hydrogen-bond donors (Lipinski definition) is 2. The molecule has 0 saturated carbocycles. The highest BCUT2D eigenvalue weighted by Crippen LogP contribution is 2.24. The van der Waals surface area contributed by atoms with Crippen LogP contribution in [0.3, 0.4) is 0 Å². The first kappa shape index (κ1) is 12.6. The van der Waals surface area contributed by atoms with Crippen molar-refractivity contribution in [2.45, 2.75) is 32.4 Å². The summed E-state index contributed by atoms with van der Waals surface area (Å²) in [6.07, 6.45) is 1.75. The highest BCUT2D eigenvalue weighted by atomic mass is 16.4. The van der Waals surface area contributed by atoms with Crippen LogP contribution in [0.4, 0.5) is 0 Å². The summed E-state index contributed by atoms with van der Waals surface area (Å²) < 4.78 is 1.81. The molecule has 2 unspecified atom stereocenters. The SMILES string of the molecule is CC(O)CC(C)n1cnc2cccc(C(=O)O)c21. The second-order valence-electron chi connectivity index (χ2n) is 4.56. The molecule has 96 valence electrons. The normalized spacial score (nSPS) is 14.6. The van der Waals surface area contributed by atoms with Crippen molar-refractivity contribution in [3.63, 3.8) is 0 Å². The van der Waals surface area contributed by atoms with Gasteiger partial charge in [0, 0.05) is 6.04 Å². The van der Waals surface area contributed by atoms with Gasteiger partial charge in [-0.15, -0.1) is 0 Å². The molecule has 5 heteroatoms. The zero-order valence-corrected chi connectivity index (χ0v) is 10.4. The lowest BCUT2D eigenvalue weighted by molar-refractivity contribution is 0.0698. The molecule has 0 bridgehead atoms. The number of carboxylic acids is 1. The van der Waals surface area contributed by atoms with Gasteiger partial charge in [-0.05, 0) is 32.4 Å². The van der Waals surface area contributed by atoms with E-state index in [1.54, 1.807) is 31.5 Å². The lowest BCUT2D eigenvalue weighted by Crippen LogP contribution is -2.13. The first-order chi connectivity index (χ1) is 8.50. The van der Waals surface area contributed by atoms with Gasteiger partial charge in [-0.25, -0.2) is 9.78 Å². The van der Waals surface area contributed by atoms with Crippen LogP contribution in [0.2, 0.25) is 0 Å². The maximum absolute atomic E-state index is 11.2. The molecule has 2 rings (SSSR count). The van der Waals surface area contributed by atoms with E-state index >= 15 is 0 Å². The first-order valence-electron chi connectivity index (χ1n) is 5.87. The van der Waals surface area contributed by atoms with E-state index in [1.807, 2.05) is 11.5 Å². The van der Waals surface area contributed by atoms with Gasteiger partial charge >= 0.3 is 5.97 Å². The van der Waals surface area contributed by atoms with Crippen molar-refractivity contribution in [3.05, 3.63) is 30.1 Å². The number of nitrogens with zero attached hydrogens (tertiary/aromatic N) is 2. The predicted octanol–water partition coefficient (Wildman–Crippen LogP) is 2.07. The summed E-state index contributed by atoms with van der Waals surface area (Å²) in [5.41, 5.74) is 1.51. The van der Waals surface area contributed by atoms with Crippen LogP contribution in [-0.2, 0) is 0 Å². The minimum Gasteiger partial charge on any atom is -0.478 e. The molecule has 0 aliphatic heterocycles. The number of para-hydroxylation sites is 1. The smallest absolute Gasteiger partial charge is 0.337 e. The van der Waals surface area contributed by atoms with Crippen LogP contribution in [0, 0.1) is 0 Å². The molecule has 18 heavy (non-hydrogen) atoms. The average Bonchev–Trinajstić information content (AvgIpc) is 2.70. The van der Waals surface area contributed by atoms with Gasteiger partial charge in [0.05, 0.1) is 29.0 Å². The van der Waals surface area contributed by atoms with Crippen molar-refractivity contribution < 1.29 is 15.0 Å². The number of aromatic carboxylic acids is 1. The highest BCUT2D eigenvalue weighted by molar-refractivity contribution is 6.01. The maximum Gasteiger partial charge on any atom is 0.337 e. The number of fused-ring (bicyclic) bond motifs is 1. The molecule has 2 aromatic rings.